The minimum Gasteiger partial charge on any atom is -0.335 e. The normalized spacial score (nSPS) is 23.6. The van der Waals surface area contributed by atoms with Crippen molar-refractivity contribution in [1.29, 1.82) is 0 Å². The number of nitrogens with one attached hydrogen (secondary N) is 1. The van der Waals surface area contributed by atoms with E-state index in [0.29, 0.717) is 11.6 Å². The molecule has 24 heavy (non-hydrogen) atoms. The molecule has 0 radical (unpaired) electrons. The highest BCUT2D eigenvalue weighted by Gasteiger charge is 2.38. The maximum absolute atomic E-state index is 12.8. The van der Waals surface area contributed by atoms with E-state index in [2.05, 4.69) is 10.2 Å². The topological polar surface area (TPSA) is 105 Å². The molecule has 1 aromatic heterocycles. The molecule has 1 unspecified atom stereocenters. The van der Waals surface area contributed by atoms with Crippen LogP contribution in [0.5, 0.6) is 0 Å². The fourth-order valence-corrected chi connectivity index (χ4v) is 6.04. The Hall–Kier alpha value is -1.29. The Kier molecular flexibility index (Phi) is 5.05. The van der Waals surface area contributed by atoms with Crippen LogP contribution >= 0.6 is 11.8 Å². The number of aromatic nitrogens is 3. The van der Waals surface area contributed by atoms with Gasteiger partial charge in [-0.15, -0.1) is 5.10 Å². The van der Waals surface area contributed by atoms with Crippen molar-refractivity contribution in [1.82, 2.24) is 19.7 Å². The second kappa shape index (κ2) is 6.91. The molecule has 2 fully saturated rings. The molecule has 0 aromatic carbocycles. The standard InChI is InChI=1S/C14H22N4O4S2/c1-17-13(20)15-16-14(17)23-8-12(19)18(10-4-2-3-5-10)11-6-7-24(21,22)9-11/h10-11H,2-9H2,1H3,(H,15,20). The molecule has 1 aromatic rings. The Morgan fingerprint density at radius 3 is 2.58 bits per heavy atom. The molecule has 1 amide bonds. The zero-order valence-corrected chi connectivity index (χ0v) is 15.2. The molecule has 0 spiro atoms. The zero-order chi connectivity index (χ0) is 17.3. The van der Waals surface area contributed by atoms with E-state index in [-0.39, 0.29) is 40.9 Å². The fraction of sp³-hybridized carbons (Fsp3) is 0.786. The lowest BCUT2D eigenvalue weighted by Gasteiger charge is -2.34. The predicted octanol–water partition coefficient (Wildman–Crippen LogP) is 0.159. The van der Waals surface area contributed by atoms with Crippen LogP contribution in [0.25, 0.3) is 0 Å². The molecule has 2 heterocycles. The first kappa shape index (κ1) is 17.5. The summed E-state index contributed by atoms with van der Waals surface area (Å²) in [6.07, 6.45) is 4.56. The summed E-state index contributed by atoms with van der Waals surface area (Å²) in [4.78, 5) is 26.0. The molecular weight excluding hydrogens is 352 g/mol. The number of rotatable bonds is 5. The fourth-order valence-electron chi connectivity index (χ4n) is 3.55. The number of hydrogen-bond donors (Lipinski definition) is 1. The van der Waals surface area contributed by atoms with Gasteiger partial charge in [-0.2, -0.15) is 0 Å². The van der Waals surface area contributed by atoms with E-state index in [1.165, 1.54) is 16.3 Å². The van der Waals surface area contributed by atoms with E-state index in [0.717, 1.165) is 25.7 Å². The first-order chi connectivity index (χ1) is 11.4. The number of carbonyl (C=O) groups is 1. The van der Waals surface area contributed by atoms with Gasteiger partial charge in [-0.05, 0) is 19.3 Å². The molecule has 10 heteroatoms. The van der Waals surface area contributed by atoms with Gasteiger partial charge in [0.05, 0.1) is 17.3 Å². The molecule has 1 aliphatic carbocycles. The number of nitrogens with zero attached hydrogens (tertiary/aromatic N) is 3. The van der Waals surface area contributed by atoms with Crippen LogP contribution in [0.3, 0.4) is 0 Å². The summed E-state index contributed by atoms with van der Waals surface area (Å²) < 4.78 is 25.0. The summed E-state index contributed by atoms with van der Waals surface area (Å²) in [5, 5.41) is 6.69. The zero-order valence-electron chi connectivity index (χ0n) is 13.6. The maximum Gasteiger partial charge on any atom is 0.343 e. The summed E-state index contributed by atoms with van der Waals surface area (Å²) >= 11 is 1.20. The van der Waals surface area contributed by atoms with Gasteiger partial charge in [0.25, 0.3) is 0 Å². The monoisotopic (exact) mass is 374 g/mol. The van der Waals surface area contributed by atoms with Crippen LogP contribution < -0.4 is 5.69 Å². The molecule has 1 saturated heterocycles. The molecule has 1 N–H and O–H groups in total. The number of H-pyrrole nitrogens is 1. The van der Waals surface area contributed by atoms with Crippen molar-refractivity contribution in [3.05, 3.63) is 10.5 Å². The van der Waals surface area contributed by atoms with Crippen LogP contribution in [0.1, 0.15) is 32.1 Å². The van der Waals surface area contributed by atoms with Crippen molar-refractivity contribution in [3.8, 4) is 0 Å². The van der Waals surface area contributed by atoms with Gasteiger partial charge in [-0.1, -0.05) is 24.6 Å². The quantitative estimate of drug-likeness (QED) is 0.736. The molecule has 1 aliphatic heterocycles. The molecule has 1 saturated carbocycles. The van der Waals surface area contributed by atoms with Gasteiger partial charge >= 0.3 is 5.69 Å². The van der Waals surface area contributed by atoms with Crippen molar-refractivity contribution in [2.45, 2.75) is 49.3 Å². The minimum atomic E-state index is -3.04. The van der Waals surface area contributed by atoms with Gasteiger partial charge in [-0.3, -0.25) is 9.36 Å². The first-order valence-corrected chi connectivity index (χ1v) is 10.9. The maximum atomic E-state index is 12.8. The second-order valence-corrected chi connectivity index (χ2v) is 9.63. The van der Waals surface area contributed by atoms with Crippen molar-refractivity contribution in [3.63, 3.8) is 0 Å². The van der Waals surface area contributed by atoms with Gasteiger partial charge in [0.2, 0.25) is 5.91 Å². The van der Waals surface area contributed by atoms with Crippen molar-refractivity contribution < 1.29 is 13.2 Å². The van der Waals surface area contributed by atoms with Gasteiger partial charge in [0.1, 0.15) is 0 Å². The Balaban J connectivity index is 1.71. The van der Waals surface area contributed by atoms with E-state index in [1.807, 2.05) is 4.90 Å². The highest BCUT2D eigenvalue weighted by molar-refractivity contribution is 7.99. The lowest BCUT2D eigenvalue weighted by molar-refractivity contribution is -0.132. The minimum absolute atomic E-state index is 0.0653. The summed E-state index contributed by atoms with van der Waals surface area (Å²) in [6, 6.07) is -0.0754. The Labute approximate surface area is 144 Å². The smallest absolute Gasteiger partial charge is 0.335 e. The van der Waals surface area contributed by atoms with Gasteiger partial charge in [0.15, 0.2) is 15.0 Å². The average molecular weight is 374 g/mol. The number of carbonyl (C=O) groups excluding carboxylic acids is 1. The lowest BCUT2D eigenvalue weighted by atomic mass is 10.1. The number of aromatic amines is 1. The average Bonchev–Trinajstić information content (AvgIpc) is 3.23. The highest BCUT2D eigenvalue weighted by Crippen LogP contribution is 2.30. The molecule has 1 atom stereocenters. The molecule has 0 bridgehead atoms. The summed E-state index contributed by atoms with van der Waals surface area (Å²) in [5.41, 5.74) is -0.320. The molecule has 3 rings (SSSR count). The summed E-state index contributed by atoms with van der Waals surface area (Å²) in [5.74, 6) is 0.325. The lowest BCUT2D eigenvalue weighted by Crippen LogP contribution is -2.47. The van der Waals surface area contributed by atoms with Crippen LogP contribution in [-0.2, 0) is 21.7 Å². The predicted molar refractivity (Wildman–Crippen MR) is 90.7 cm³/mol. The van der Waals surface area contributed by atoms with Gasteiger partial charge in [0, 0.05) is 19.1 Å². The number of hydrogen-bond acceptors (Lipinski definition) is 6. The van der Waals surface area contributed by atoms with Crippen LogP contribution in [-0.4, -0.2) is 63.3 Å². The second-order valence-electron chi connectivity index (χ2n) is 6.46. The third kappa shape index (κ3) is 3.69. The van der Waals surface area contributed by atoms with E-state index >= 15 is 0 Å². The summed E-state index contributed by atoms with van der Waals surface area (Å²) in [6.45, 7) is 0. The highest BCUT2D eigenvalue weighted by atomic mass is 32.2. The SMILES string of the molecule is Cn1c(SCC(=O)N(C2CCCC2)C2CCS(=O)(=O)C2)n[nH]c1=O. The first-order valence-electron chi connectivity index (χ1n) is 8.13. The molecule has 2 aliphatic rings. The molecule has 134 valence electrons. The largest absolute Gasteiger partial charge is 0.343 e. The Morgan fingerprint density at radius 1 is 1.33 bits per heavy atom. The van der Waals surface area contributed by atoms with Crippen LogP contribution in [0.15, 0.2) is 9.95 Å². The van der Waals surface area contributed by atoms with Crippen molar-refractivity contribution in [2.24, 2.45) is 7.05 Å². The van der Waals surface area contributed by atoms with E-state index in [9.17, 15) is 18.0 Å². The third-order valence-corrected chi connectivity index (χ3v) is 7.54. The Bertz CT molecular complexity index is 764. The Morgan fingerprint density at radius 2 is 2.04 bits per heavy atom. The van der Waals surface area contributed by atoms with Crippen LogP contribution in [0.4, 0.5) is 0 Å². The number of amides is 1. The third-order valence-electron chi connectivity index (χ3n) is 4.77. The van der Waals surface area contributed by atoms with Crippen LogP contribution in [0, 0.1) is 0 Å². The van der Waals surface area contributed by atoms with Crippen molar-refractivity contribution >= 4 is 27.5 Å². The van der Waals surface area contributed by atoms with E-state index < -0.39 is 9.84 Å². The van der Waals surface area contributed by atoms with Gasteiger partial charge in [-0.25, -0.2) is 18.3 Å². The van der Waals surface area contributed by atoms with Crippen LogP contribution in [0.2, 0.25) is 0 Å². The van der Waals surface area contributed by atoms with Gasteiger partial charge < -0.3 is 4.90 Å². The van der Waals surface area contributed by atoms with E-state index in [1.54, 1.807) is 7.05 Å². The molecule has 8 nitrogen and oxygen atoms in total. The van der Waals surface area contributed by atoms with Crippen molar-refractivity contribution in [2.75, 3.05) is 17.3 Å². The van der Waals surface area contributed by atoms with E-state index in [4.69, 9.17) is 0 Å². The molecular formula is C14H22N4O4S2. The number of sulfone groups is 1. The number of thioether (sulfide) groups is 1. The summed E-state index contributed by atoms with van der Waals surface area (Å²) in [7, 11) is -1.44.